The first-order valence-electron chi connectivity index (χ1n) is 5.96. The van der Waals surface area contributed by atoms with Gasteiger partial charge in [-0.15, -0.1) is 0 Å². The molecule has 1 aromatic carbocycles. The number of hydrogen-bond donors (Lipinski definition) is 1. The minimum Gasteiger partial charge on any atom is -0.497 e. The summed E-state index contributed by atoms with van der Waals surface area (Å²) in [6, 6.07) is 6.27. The zero-order valence-corrected chi connectivity index (χ0v) is 10.5. The second-order valence-corrected chi connectivity index (χ2v) is 4.38. The van der Waals surface area contributed by atoms with Gasteiger partial charge in [0.15, 0.2) is 0 Å². The van der Waals surface area contributed by atoms with E-state index in [0.29, 0.717) is 6.04 Å². The van der Waals surface area contributed by atoms with Crippen molar-refractivity contribution >= 4 is 11.4 Å². The summed E-state index contributed by atoms with van der Waals surface area (Å²) < 4.78 is 10.6. The minimum atomic E-state index is 0.498. The Morgan fingerprint density at radius 2 is 2.06 bits per heavy atom. The van der Waals surface area contributed by atoms with Gasteiger partial charge < -0.3 is 20.1 Å². The van der Waals surface area contributed by atoms with Gasteiger partial charge in [0.1, 0.15) is 5.75 Å². The van der Waals surface area contributed by atoms with Gasteiger partial charge in [0, 0.05) is 32.4 Å². The van der Waals surface area contributed by atoms with Crippen LogP contribution in [-0.4, -0.2) is 33.4 Å². The molecule has 0 atom stereocenters. The predicted molar refractivity (Wildman–Crippen MR) is 69.7 cm³/mol. The van der Waals surface area contributed by atoms with Crippen molar-refractivity contribution in [2.24, 2.45) is 0 Å². The largest absolute Gasteiger partial charge is 0.497 e. The Morgan fingerprint density at radius 1 is 1.35 bits per heavy atom. The van der Waals surface area contributed by atoms with Crippen molar-refractivity contribution in [3.8, 4) is 5.75 Å². The molecule has 1 fully saturated rings. The Bertz CT molecular complexity index is 376. The van der Waals surface area contributed by atoms with Gasteiger partial charge in [-0.05, 0) is 25.0 Å². The van der Waals surface area contributed by atoms with Gasteiger partial charge in [0.2, 0.25) is 0 Å². The smallest absolute Gasteiger partial charge is 0.121 e. The summed E-state index contributed by atoms with van der Waals surface area (Å²) in [5, 5.41) is 0. The first kappa shape index (κ1) is 12.0. The monoisotopic (exact) mass is 236 g/mol. The maximum absolute atomic E-state index is 6.02. The van der Waals surface area contributed by atoms with Crippen LogP contribution in [0, 0.1) is 0 Å². The molecule has 1 aliphatic rings. The predicted octanol–water partition coefficient (Wildman–Crippen LogP) is 1.89. The van der Waals surface area contributed by atoms with E-state index in [2.05, 4.69) is 11.9 Å². The van der Waals surface area contributed by atoms with E-state index in [1.807, 2.05) is 18.2 Å². The Hall–Kier alpha value is -1.42. The van der Waals surface area contributed by atoms with E-state index >= 15 is 0 Å². The lowest BCUT2D eigenvalue weighted by molar-refractivity contribution is 0.0855. The van der Waals surface area contributed by atoms with Crippen LogP contribution in [0.25, 0.3) is 0 Å². The molecule has 0 spiro atoms. The molecule has 4 heteroatoms. The van der Waals surface area contributed by atoms with E-state index in [1.165, 1.54) is 0 Å². The van der Waals surface area contributed by atoms with Crippen molar-refractivity contribution < 1.29 is 9.47 Å². The van der Waals surface area contributed by atoms with Crippen molar-refractivity contribution in [3.63, 3.8) is 0 Å². The van der Waals surface area contributed by atoms with Gasteiger partial charge in [-0.1, -0.05) is 0 Å². The number of benzene rings is 1. The Morgan fingerprint density at radius 3 is 2.71 bits per heavy atom. The third-order valence-electron chi connectivity index (χ3n) is 3.36. The van der Waals surface area contributed by atoms with Gasteiger partial charge in [-0.3, -0.25) is 0 Å². The molecule has 4 nitrogen and oxygen atoms in total. The van der Waals surface area contributed by atoms with Crippen LogP contribution in [0.15, 0.2) is 18.2 Å². The van der Waals surface area contributed by atoms with Crippen LogP contribution in [0.2, 0.25) is 0 Å². The second kappa shape index (κ2) is 5.27. The minimum absolute atomic E-state index is 0.498. The molecular formula is C13H20N2O2. The SMILES string of the molecule is COc1ccc(N)c(N(C)C2CCOCC2)c1. The molecule has 0 aromatic heterocycles. The fourth-order valence-electron chi connectivity index (χ4n) is 2.23. The fraction of sp³-hybridized carbons (Fsp3) is 0.538. The highest BCUT2D eigenvalue weighted by Crippen LogP contribution is 2.30. The van der Waals surface area contributed by atoms with Crippen LogP contribution in [-0.2, 0) is 4.74 Å². The molecular weight excluding hydrogens is 216 g/mol. The second-order valence-electron chi connectivity index (χ2n) is 4.38. The van der Waals surface area contributed by atoms with E-state index in [1.54, 1.807) is 7.11 Å². The molecule has 1 aliphatic heterocycles. The number of rotatable bonds is 3. The average molecular weight is 236 g/mol. The molecule has 2 rings (SSSR count). The topological polar surface area (TPSA) is 47.7 Å². The molecule has 94 valence electrons. The van der Waals surface area contributed by atoms with Crippen LogP contribution in [0.3, 0.4) is 0 Å². The van der Waals surface area contributed by atoms with Gasteiger partial charge in [-0.2, -0.15) is 0 Å². The number of nitrogens with two attached hydrogens (primary N) is 1. The van der Waals surface area contributed by atoms with Crippen molar-refractivity contribution in [1.82, 2.24) is 0 Å². The van der Waals surface area contributed by atoms with Gasteiger partial charge in [0.25, 0.3) is 0 Å². The zero-order valence-electron chi connectivity index (χ0n) is 10.5. The summed E-state index contributed by atoms with van der Waals surface area (Å²) in [4.78, 5) is 2.24. The van der Waals surface area contributed by atoms with E-state index in [4.69, 9.17) is 15.2 Å². The zero-order chi connectivity index (χ0) is 12.3. The summed E-state index contributed by atoms with van der Waals surface area (Å²) >= 11 is 0. The molecule has 1 aromatic rings. The van der Waals surface area contributed by atoms with Crippen LogP contribution in [0.1, 0.15) is 12.8 Å². The van der Waals surface area contributed by atoms with Gasteiger partial charge >= 0.3 is 0 Å². The number of methoxy groups -OCH3 is 1. The normalized spacial score (nSPS) is 16.8. The number of nitrogen functional groups attached to an aromatic ring is 1. The molecule has 0 aliphatic carbocycles. The Balaban J connectivity index is 2.19. The highest BCUT2D eigenvalue weighted by molar-refractivity contribution is 5.69. The summed E-state index contributed by atoms with van der Waals surface area (Å²) in [5.41, 5.74) is 7.85. The Labute approximate surface area is 102 Å². The highest BCUT2D eigenvalue weighted by atomic mass is 16.5. The van der Waals surface area contributed by atoms with Crippen LogP contribution >= 0.6 is 0 Å². The van der Waals surface area contributed by atoms with Crippen LogP contribution < -0.4 is 15.4 Å². The third kappa shape index (κ3) is 2.64. The van der Waals surface area contributed by atoms with Crippen molar-refractivity contribution in [2.45, 2.75) is 18.9 Å². The van der Waals surface area contributed by atoms with Crippen LogP contribution in [0.5, 0.6) is 5.75 Å². The van der Waals surface area contributed by atoms with Gasteiger partial charge in [0.05, 0.1) is 18.5 Å². The first-order chi connectivity index (χ1) is 8.22. The van der Waals surface area contributed by atoms with Crippen molar-refractivity contribution in [1.29, 1.82) is 0 Å². The summed E-state index contributed by atoms with van der Waals surface area (Å²) in [5.74, 6) is 0.841. The number of hydrogen-bond acceptors (Lipinski definition) is 4. The summed E-state index contributed by atoms with van der Waals surface area (Å²) in [6.07, 6.45) is 2.10. The summed E-state index contributed by atoms with van der Waals surface area (Å²) in [6.45, 7) is 1.66. The maximum atomic E-state index is 6.02. The molecule has 1 saturated heterocycles. The van der Waals surface area contributed by atoms with E-state index in [0.717, 1.165) is 43.2 Å². The molecule has 0 unspecified atom stereocenters. The molecule has 1 heterocycles. The lowest BCUT2D eigenvalue weighted by Crippen LogP contribution is -2.37. The number of anilines is 2. The van der Waals surface area contributed by atoms with Crippen molar-refractivity contribution in [3.05, 3.63) is 18.2 Å². The average Bonchev–Trinajstić information content (AvgIpc) is 2.39. The summed E-state index contributed by atoms with van der Waals surface area (Å²) in [7, 11) is 3.75. The van der Waals surface area contributed by atoms with E-state index in [-0.39, 0.29) is 0 Å². The van der Waals surface area contributed by atoms with Crippen molar-refractivity contribution in [2.75, 3.05) is 38.0 Å². The molecule has 0 bridgehead atoms. The first-order valence-corrected chi connectivity index (χ1v) is 5.96. The van der Waals surface area contributed by atoms with Gasteiger partial charge in [-0.25, -0.2) is 0 Å². The fourth-order valence-corrected chi connectivity index (χ4v) is 2.23. The van der Waals surface area contributed by atoms with Crippen LogP contribution in [0.4, 0.5) is 11.4 Å². The lowest BCUT2D eigenvalue weighted by atomic mass is 10.1. The quantitative estimate of drug-likeness (QED) is 0.814. The molecule has 17 heavy (non-hydrogen) atoms. The molecule has 2 N–H and O–H groups in total. The standard InChI is InChI=1S/C13H20N2O2/c1-15(10-5-7-17-8-6-10)13-9-11(16-2)3-4-12(13)14/h3-4,9-10H,5-8,14H2,1-2H3. The third-order valence-corrected chi connectivity index (χ3v) is 3.36. The van der Waals surface area contributed by atoms with E-state index < -0.39 is 0 Å². The highest BCUT2D eigenvalue weighted by Gasteiger charge is 2.20. The molecule has 0 radical (unpaired) electrons. The lowest BCUT2D eigenvalue weighted by Gasteiger charge is -2.33. The molecule has 0 saturated carbocycles. The number of nitrogens with zero attached hydrogens (tertiary/aromatic N) is 1. The molecule has 0 amide bonds. The Kier molecular flexibility index (Phi) is 3.74. The number of ether oxygens (including phenoxy) is 2. The maximum Gasteiger partial charge on any atom is 0.121 e. The van der Waals surface area contributed by atoms with E-state index in [9.17, 15) is 0 Å².